The van der Waals surface area contributed by atoms with Crippen molar-refractivity contribution in [1.29, 1.82) is 0 Å². The maximum atomic E-state index is 12.2. The van der Waals surface area contributed by atoms with Crippen molar-refractivity contribution in [2.24, 2.45) is 0 Å². The molecule has 0 atom stereocenters. The van der Waals surface area contributed by atoms with E-state index in [1.165, 1.54) is 12.1 Å². The van der Waals surface area contributed by atoms with Crippen LogP contribution in [0.1, 0.15) is 16.8 Å². The summed E-state index contributed by atoms with van der Waals surface area (Å²) in [5, 5.41) is 0. The molecule has 18 heavy (non-hydrogen) atoms. The van der Waals surface area contributed by atoms with Crippen molar-refractivity contribution in [3.63, 3.8) is 0 Å². The molecule has 1 aromatic carbocycles. The van der Waals surface area contributed by atoms with Crippen LogP contribution in [0, 0.1) is 0 Å². The number of alkyl halides is 3. The first-order valence-electron chi connectivity index (χ1n) is 5.06. The Morgan fingerprint density at radius 2 is 1.78 bits per heavy atom. The van der Waals surface area contributed by atoms with Crippen molar-refractivity contribution in [2.75, 3.05) is 13.2 Å². The van der Waals surface area contributed by atoms with Gasteiger partial charge in [0.25, 0.3) is 0 Å². The zero-order valence-corrected chi connectivity index (χ0v) is 10.6. The van der Waals surface area contributed by atoms with Gasteiger partial charge in [0.05, 0.1) is 0 Å². The van der Waals surface area contributed by atoms with Gasteiger partial charge in [-0.3, -0.25) is 4.79 Å². The van der Waals surface area contributed by atoms with Crippen LogP contribution in [0.2, 0.25) is 0 Å². The second-order valence-electron chi connectivity index (χ2n) is 3.69. The molecule has 0 fully saturated rings. The van der Waals surface area contributed by atoms with Crippen LogP contribution in [0.15, 0.2) is 16.6 Å². The van der Waals surface area contributed by atoms with Crippen LogP contribution in [0.4, 0.5) is 13.2 Å². The molecule has 0 saturated heterocycles. The molecule has 1 aliphatic rings. The monoisotopic (exact) mass is 324 g/mol. The van der Waals surface area contributed by atoms with Crippen molar-refractivity contribution >= 4 is 21.7 Å². The number of hydrogen-bond donors (Lipinski definition) is 0. The third-order valence-corrected chi connectivity index (χ3v) is 2.95. The first-order valence-corrected chi connectivity index (χ1v) is 5.85. The topological polar surface area (TPSA) is 35.5 Å². The zero-order chi connectivity index (χ0) is 13.3. The predicted octanol–water partition coefficient (Wildman–Crippen LogP) is 3.36. The first-order chi connectivity index (χ1) is 8.37. The summed E-state index contributed by atoms with van der Waals surface area (Å²) >= 11 is 3.06. The van der Waals surface area contributed by atoms with Crippen molar-refractivity contribution in [1.82, 2.24) is 0 Å². The minimum absolute atomic E-state index is 0.0587. The number of hydrogen-bond acceptors (Lipinski definition) is 3. The van der Waals surface area contributed by atoms with E-state index in [2.05, 4.69) is 15.9 Å². The Morgan fingerprint density at radius 1 is 1.22 bits per heavy atom. The fourth-order valence-corrected chi connectivity index (χ4v) is 2.10. The number of Topliss-reactive ketones (excluding diaryl/α,β-unsaturated/α-hetero) is 1. The molecule has 98 valence electrons. The lowest BCUT2D eigenvalue weighted by Crippen LogP contribution is -2.18. The quantitative estimate of drug-likeness (QED) is 0.782. The van der Waals surface area contributed by atoms with E-state index in [1.807, 2.05) is 0 Å². The first kappa shape index (κ1) is 13.2. The van der Waals surface area contributed by atoms with Gasteiger partial charge < -0.3 is 9.47 Å². The molecule has 1 heterocycles. The molecule has 0 amide bonds. The Balaban J connectivity index is 2.31. The van der Waals surface area contributed by atoms with Crippen LogP contribution in [-0.4, -0.2) is 25.2 Å². The van der Waals surface area contributed by atoms with Gasteiger partial charge in [0, 0.05) is 10.0 Å². The van der Waals surface area contributed by atoms with Gasteiger partial charge in [0.2, 0.25) is 0 Å². The van der Waals surface area contributed by atoms with E-state index < -0.39 is 18.4 Å². The van der Waals surface area contributed by atoms with Gasteiger partial charge in [-0.25, -0.2) is 0 Å². The van der Waals surface area contributed by atoms with E-state index in [9.17, 15) is 18.0 Å². The third kappa shape index (κ3) is 2.95. The minimum Gasteiger partial charge on any atom is -0.486 e. The summed E-state index contributed by atoms with van der Waals surface area (Å²) in [6.45, 7) is 0.677. The smallest absolute Gasteiger partial charge is 0.396 e. The van der Waals surface area contributed by atoms with Gasteiger partial charge in [-0.1, -0.05) is 0 Å². The second-order valence-corrected chi connectivity index (χ2v) is 4.55. The highest BCUT2D eigenvalue weighted by atomic mass is 79.9. The standard InChI is InChI=1S/C11H8BrF3O3/c12-7-4-10-9(17-1-2-18-10)3-6(7)8(16)5-11(13,14)15/h3-4H,1-2,5H2. The Hall–Kier alpha value is -1.24. The van der Waals surface area contributed by atoms with Crippen LogP contribution in [0.25, 0.3) is 0 Å². The maximum absolute atomic E-state index is 12.2. The molecular weight excluding hydrogens is 317 g/mol. The highest BCUT2D eigenvalue weighted by Gasteiger charge is 2.33. The SMILES string of the molecule is O=C(CC(F)(F)F)c1cc2c(cc1Br)OCCO2. The Bertz CT molecular complexity index is 485. The summed E-state index contributed by atoms with van der Waals surface area (Å²) in [5.41, 5.74) is -0.0587. The maximum Gasteiger partial charge on any atom is 0.396 e. The highest BCUT2D eigenvalue weighted by Crippen LogP contribution is 2.36. The number of carbonyl (C=O) groups excluding carboxylic acids is 1. The molecular formula is C11H8BrF3O3. The van der Waals surface area contributed by atoms with Crippen molar-refractivity contribution in [3.05, 3.63) is 22.2 Å². The lowest BCUT2D eigenvalue weighted by atomic mass is 10.1. The molecule has 1 aliphatic heterocycles. The average Bonchev–Trinajstić information content (AvgIpc) is 2.25. The van der Waals surface area contributed by atoms with Crippen molar-refractivity contribution < 1.29 is 27.4 Å². The lowest BCUT2D eigenvalue weighted by Gasteiger charge is -2.19. The number of rotatable bonds is 2. The van der Waals surface area contributed by atoms with Crippen LogP contribution in [-0.2, 0) is 0 Å². The molecule has 3 nitrogen and oxygen atoms in total. The van der Waals surface area contributed by atoms with Gasteiger partial charge in [0.15, 0.2) is 17.3 Å². The molecule has 7 heteroatoms. The Labute approximate surface area is 109 Å². The molecule has 0 unspecified atom stereocenters. The molecule has 0 N–H and O–H groups in total. The van der Waals surface area contributed by atoms with Gasteiger partial charge in [-0.2, -0.15) is 13.2 Å². The van der Waals surface area contributed by atoms with E-state index in [0.717, 1.165) is 0 Å². The normalized spacial score (nSPS) is 14.4. The summed E-state index contributed by atoms with van der Waals surface area (Å²) in [5.74, 6) is -0.307. The van der Waals surface area contributed by atoms with Crippen molar-refractivity contribution in [3.8, 4) is 11.5 Å². The molecule has 0 radical (unpaired) electrons. The number of benzene rings is 1. The van der Waals surface area contributed by atoms with Crippen molar-refractivity contribution in [2.45, 2.75) is 12.6 Å². The second kappa shape index (κ2) is 4.79. The number of fused-ring (bicyclic) bond motifs is 1. The molecule has 0 bridgehead atoms. The number of ether oxygens (including phenoxy) is 2. The fourth-order valence-electron chi connectivity index (χ4n) is 1.55. The van der Waals surface area contributed by atoms with E-state index in [4.69, 9.17) is 9.47 Å². The highest BCUT2D eigenvalue weighted by molar-refractivity contribution is 9.10. The summed E-state index contributed by atoms with van der Waals surface area (Å²) in [7, 11) is 0. The largest absolute Gasteiger partial charge is 0.486 e. The van der Waals surface area contributed by atoms with Crippen LogP contribution >= 0.6 is 15.9 Å². The fraction of sp³-hybridized carbons (Fsp3) is 0.364. The van der Waals surface area contributed by atoms with E-state index in [-0.39, 0.29) is 15.8 Å². The van der Waals surface area contributed by atoms with Gasteiger partial charge >= 0.3 is 6.18 Å². The Kier molecular flexibility index (Phi) is 3.52. The molecule has 0 saturated carbocycles. The molecule has 0 aliphatic carbocycles. The molecule has 2 rings (SSSR count). The minimum atomic E-state index is -4.52. The molecule has 1 aromatic rings. The summed E-state index contributed by atoms with van der Waals surface area (Å²) < 4.78 is 47.2. The molecule has 0 aromatic heterocycles. The zero-order valence-electron chi connectivity index (χ0n) is 9.01. The predicted molar refractivity (Wildman–Crippen MR) is 60.1 cm³/mol. The van der Waals surface area contributed by atoms with Gasteiger partial charge in [-0.05, 0) is 28.1 Å². The Morgan fingerprint density at radius 3 is 2.33 bits per heavy atom. The van der Waals surface area contributed by atoms with Gasteiger partial charge in [0.1, 0.15) is 19.6 Å². The van der Waals surface area contributed by atoms with Crippen LogP contribution in [0.3, 0.4) is 0 Å². The third-order valence-electron chi connectivity index (χ3n) is 2.29. The van der Waals surface area contributed by atoms with E-state index in [0.29, 0.717) is 19.0 Å². The number of halogens is 4. The van der Waals surface area contributed by atoms with Crippen LogP contribution < -0.4 is 9.47 Å². The summed E-state index contributed by atoms with van der Waals surface area (Å²) in [6.07, 6.45) is -6.02. The summed E-state index contributed by atoms with van der Waals surface area (Å²) in [6, 6.07) is 2.71. The van der Waals surface area contributed by atoms with Gasteiger partial charge in [-0.15, -0.1) is 0 Å². The average molecular weight is 325 g/mol. The summed E-state index contributed by atoms with van der Waals surface area (Å²) in [4.78, 5) is 11.5. The van der Waals surface area contributed by atoms with Crippen LogP contribution in [0.5, 0.6) is 11.5 Å². The molecule has 0 spiro atoms. The van der Waals surface area contributed by atoms with E-state index in [1.54, 1.807) is 0 Å². The lowest BCUT2D eigenvalue weighted by molar-refractivity contribution is -0.125. The number of ketones is 1. The number of carbonyl (C=O) groups is 1. The van der Waals surface area contributed by atoms with E-state index >= 15 is 0 Å².